The number of imidazole rings is 1. The lowest BCUT2D eigenvalue weighted by Crippen LogP contribution is -1.99. The summed E-state index contributed by atoms with van der Waals surface area (Å²) in [5.41, 5.74) is 4.30. The summed E-state index contributed by atoms with van der Waals surface area (Å²) < 4.78 is 5.98. The van der Waals surface area contributed by atoms with E-state index < -0.39 is 0 Å². The number of aryl methyl sites for hydroxylation is 1. The summed E-state index contributed by atoms with van der Waals surface area (Å²) in [4.78, 5) is 7.71. The van der Waals surface area contributed by atoms with Gasteiger partial charge in [0.25, 0.3) is 0 Å². The van der Waals surface area contributed by atoms with Crippen LogP contribution in [0, 0.1) is 18.3 Å². The number of ether oxygens (including phenoxy) is 1. The fourth-order valence-electron chi connectivity index (χ4n) is 3.19. The number of benzene rings is 3. The van der Waals surface area contributed by atoms with Gasteiger partial charge in [-0.25, -0.2) is 4.98 Å². The van der Waals surface area contributed by atoms with Gasteiger partial charge in [0.2, 0.25) is 0 Å². The summed E-state index contributed by atoms with van der Waals surface area (Å²) in [5, 5.41) is 11.5. The largest absolute Gasteiger partial charge is 0.487 e. The molecule has 0 saturated heterocycles. The molecule has 0 radical (unpaired) electrons. The van der Waals surface area contributed by atoms with Crippen molar-refractivity contribution in [3.63, 3.8) is 0 Å². The highest BCUT2D eigenvalue weighted by molar-refractivity contribution is 6.36. The van der Waals surface area contributed by atoms with Gasteiger partial charge in [-0.05, 0) is 55.0 Å². The predicted octanol–water partition coefficient (Wildman–Crippen LogP) is 8.13. The molecule has 0 fully saturated rings. The molecule has 0 aliphatic carbocycles. The average molecular weight is 503 g/mol. The van der Waals surface area contributed by atoms with Crippen LogP contribution in [0.25, 0.3) is 22.7 Å². The maximum atomic E-state index is 9.81. The van der Waals surface area contributed by atoms with Crippen LogP contribution in [0.1, 0.15) is 22.5 Å². The molecule has 1 N–H and O–H groups in total. The summed E-state index contributed by atoms with van der Waals surface area (Å²) in [6.07, 6.45) is 1.64. The molecule has 1 aromatic heterocycles. The Morgan fingerprint density at radius 3 is 2.56 bits per heavy atom. The molecule has 0 unspecified atom stereocenters. The standard InChI is InChI=1S/C24H15Cl4N3O/c1-13-2-5-21-22(6-13)31-24(30-21)16(11-29)7-15-8-18(26)10-20(28)23(15)32-12-14-3-4-17(25)9-19(14)27/h2-10H,12H2,1H3,(H,30,31). The third-order valence-corrected chi connectivity index (χ3v) is 5.82. The third-order valence-electron chi connectivity index (χ3n) is 4.74. The average Bonchev–Trinajstić information content (AvgIpc) is 3.15. The molecule has 32 heavy (non-hydrogen) atoms. The van der Waals surface area contributed by atoms with E-state index >= 15 is 0 Å². The molecule has 1 heterocycles. The highest BCUT2D eigenvalue weighted by Crippen LogP contribution is 2.36. The summed E-state index contributed by atoms with van der Waals surface area (Å²) in [5.74, 6) is 0.817. The summed E-state index contributed by atoms with van der Waals surface area (Å²) >= 11 is 24.9. The number of nitrogens with one attached hydrogen (secondary N) is 1. The van der Waals surface area contributed by atoms with Gasteiger partial charge in [0.15, 0.2) is 0 Å². The molecular weight excluding hydrogens is 488 g/mol. The molecule has 8 heteroatoms. The molecule has 4 aromatic rings. The van der Waals surface area contributed by atoms with Gasteiger partial charge in [-0.3, -0.25) is 0 Å². The lowest BCUT2D eigenvalue weighted by atomic mass is 10.1. The van der Waals surface area contributed by atoms with E-state index in [2.05, 4.69) is 16.0 Å². The Balaban J connectivity index is 1.72. The Labute approximate surface area is 205 Å². The van der Waals surface area contributed by atoms with Crippen LogP contribution in [-0.4, -0.2) is 9.97 Å². The molecule has 160 valence electrons. The third kappa shape index (κ3) is 4.87. The number of hydrogen-bond donors (Lipinski definition) is 1. The lowest BCUT2D eigenvalue weighted by Gasteiger charge is -2.13. The number of halogens is 4. The molecule has 3 aromatic carbocycles. The first-order chi connectivity index (χ1) is 15.3. The minimum Gasteiger partial charge on any atom is -0.487 e. The van der Waals surface area contributed by atoms with Crippen LogP contribution in [-0.2, 0) is 6.61 Å². The van der Waals surface area contributed by atoms with Gasteiger partial charge >= 0.3 is 0 Å². The van der Waals surface area contributed by atoms with Crippen molar-refractivity contribution in [2.24, 2.45) is 0 Å². The molecule has 0 aliphatic rings. The number of fused-ring (bicyclic) bond motifs is 1. The van der Waals surface area contributed by atoms with Crippen molar-refractivity contribution >= 4 is 69.1 Å². The number of hydrogen-bond acceptors (Lipinski definition) is 3. The lowest BCUT2D eigenvalue weighted by molar-refractivity contribution is 0.306. The molecule has 0 aliphatic heterocycles. The van der Waals surface area contributed by atoms with Crippen molar-refractivity contribution in [3.05, 3.63) is 91.1 Å². The van der Waals surface area contributed by atoms with Crippen LogP contribution in [0.2, 0.25) is 20.1 Å². The zero-order valence-electron chi connectivity index (χ0n) is 16.7. The van der Waals surface area contributed by atoms with Crippen molar-refractivity contribution in [2.45, 2.75) is 13.5 Å². The van der Waals surface area contributed by atoms with E-state index in [-0.39, 0.29) is 6.61 Å². The van der Waals surface area contributed by atoms with E-state index in [1.165, 1.54) is 0 Å². The van der Waals surface area contributed by atoms with Gasteiger partial charge in [0, 0.05) is 26.2 Å². The van der Waals surface area contributed by atoms with Gasteiger partial charge in [0.1, 0.15) is 24.3 Å². The van der Waals surface area contributed by atoms with Crippen LogP contribution in [0.3, 0.4) is 0 Å². The first-order valence-corrected chi connectivity index (χ1v) is 11.0. The number of aromatic nitrogens is 2. The highest BCUT2D eigenvalue weighted by Gasteiger charge is 2.14. The number of rotatable bonds is 5. The minimum atomic E-state index is 0.157. The zero-order chi connectivity index (χ0) is 22.8. The second-order valence-corrected chi connectivity index (χ2v) is 8.79. The predicted molar refractivity (Wildman–Crippen MR) is 132 cm³/mol. The molecule has 4 nitrogen and oxygen atoms in total. The first-order valence-electron chi connectivity index (χ1n) is 9.48. The van der Waals surface area contributed by atoms with Crippen molar-refractivity contribution < 1.29 is 4.74 Å². The molecule has 4 rings (SSSR count). The molecule has 0 bridgehead atoms. The van der Waals surface area contributed by atoms with E-state index in [9.17, 15) is 5.26 Å². The van der Waals surface area contributed by atoms with Crippen molar-refractivity contribution in [1.29, 1.82) is 5.26 Å². The van der Waals surface area contributed by atoms with Crippen LogP contribution in [0.15, 0.2) is 48.5 Å². The highest BCUT2D eigenvalue weighted by atomic mass is 35.5. The van der Waals surface area contributed by atoms with E-state index in [1.54, 1.807) is 36.4 Å². The molecule has 0 spiro atoms. The summed E-state index contributed by atoms with van der Waals surface area (Å²) in [7, 11) is 0. The van der Waals surface area contributed by atoms with E-state index in [4.69, 9.17) is 51.1 Å². The zero-order valence-corrected chi connectivity index (χ0v) is 19.7. The Kier molecular flexibility index (Phi) is 6.64. The number of nitrogens with zero attached hydrogens (tertiary/aromatic N) is 2. The minimum absolute atomic E-state index is 0.157. The summed E-state index contributed by atoms with van der Waals surface area (Å²) in [6.45, 7) is 2.15. The fraction of sp³-hybridized carbons (Fsp3) is 0.0833. The maximum absolute atomic E-state index is 9.81. The second-order valence-electron chi connectivity index (χ2n) is 7.11. The molecule has 0 amide bonds. The van der Waals surface area contributed by atoms with Crippen LogP contribution < -0.4 is 4.74 Å². The van der Waals surface area contributed by atoms with Gasteiger partial charge in [-0.2, -0.15) is 5.26 Å². The smallest absolute Gasteiger partial charge is 0.149 e. The normalized spacial score (nSPS) is 11.6. The quantitative estimate of drug-likeness (QED) is 0.280. The van der Waals surface area contributed by atoms with Gasteiger partial charge in [-0.15, -0.1) is 0 Å². The number of H-pyrrole nitrogens is 1. The monoisotopic (exact) mass is 501 g/mol. The van der Waals surface area contributed by atoms with E-state index in [0.717, 1.165) is 22.2 Å². The number of nitriles is 1. The Hall–Kier alpha value is -2.68. The van der Waals surface area contributed by atoms with Crippen molar-refractivity contribution in [2.75, 3.05) is 0 Å². The maximum Gasteiger partial charge on any atom is 0.149 e. The SMILES string of the molecule is Cc1ccc2nc(C(C#N)=Cc3cc(Cl)cc(Cl)c3OCc3ccc(Cl)cc3Cl)[nH]c2c1. The van der Waals surface area contributed by atoms with Crippen molar-refractivity contribution in [1.82, 2.24) is 9.97 Å². The fourth-order valence-corrected chi connectivity index (χ4v) is 4.22. The van der Waals surface area contributed by atoms with Gasteiger partial charge in [0.05, 0.1) is 21.6 Å². The van der Waals surface area contributed by atoms with Crippen LogP contribution in [0.5, 0.6) is 5.75 Å². The Bertz CT molecular complexity index is 1400. The first kappa shape index (κ1) is 22.5. The molecular formula is C24H15Cl4N3O. The van der Waals surface area contributed by atoms with E-state index in [1.807, 2.05) is 25.1 Å². The second kappa shape index (κ2) is 9.44. The summed E-state index contributed by atoms with van der Waals surface area (Å²) in [6, 6.07) is 16.4. The van der Waals surface area contributed by atoms with Crippen LogP contribution in [0.4, 0.5) is 0 Å². The van der Waals surface area contributed by atoms with Gasteiger partial charge in [-0.1, -0.05) is 58.5 Å². The molecule has 0 atom stereocenters. The number of allylic oxidation sites excluding steroid dienone is 1. The van der Waals surface area contributed by atoms with E-state index in [0.29, 0.717) is 42.8 Å². The topological polar surface area (TPSA) is 61.7 Å². The Morgan fingerprint density at radius 2 is 1.81 bits per heavy atom. The van der Waals surface area contributed by atoms with Crippen molar-refractivity contribution in [3.8, 4) is 11.8 Å². The van der Waals surface area contributed by atoms with Gasteiger partial charge < -0.3 is 9.72 Å². The van der Waals surface area contributed by atoms with Crippen LogP contribution >= 0.6 is 46.4 Å². The molecule has 0 saturated carbocycles. The Morgan fingerprint density at radius 1 is 1.03 bits per heavy atom. The number of aromatic amines is 1.